The van der Waals surface area contributed by atoms with Gasteiger partial charge >= 0.3 is 11.8 Å². The van der Waals surface area contributed by atoms with E-state index in [4.69, 9.17) is 4.74 Å². The second kappa shape index (κ2) is 9.07. The highest BCUT2D eigenvalue weighted by Gasteiger charge is 2.29. The number of methoxy groups -OCH3 is 1. The Morgan fingerprint density at radius 3 is 2.32 bits per heavy atom. The first-order chi connectivity index (χ1) is 12.0. The van der Waals surface area contributed by atoms with Crippen LogP contribution in [-0.4, -0.2) is 60.4 Å². The van der Waals surface area contributed by atoms with Crippen molar-refractivity contribution in [2.75, 3.05) is 32.5 Å². The van der Waals surface area contributed by atoms with Crippen LogP contribution in [0.3, 0.4) is 0 Å². The number of imide groups is 1. The zero-order valence-corrected chi connectivity index (χ0v) is 14.6. The van der Waals surface area contributed by atoms with E-state index in [1.807, 2.05) is 24.3 Å². The van der Waals surface area contributed by atoms with E-state index in [1.165, 1.54) is 0 Å². The summed E-state index contributed by atoms with van der Waals surface area (Å²) in [4.78, 5) is 47.2. The number of hydrogen-bond acceptors (Lipinski definition) is 6. The van der Waals surface area contributed by atoms with Crippen LogP contribution >= 0.6 is 11.8 Å². The third kappa shape index (κ3) is 5.49. The zero-order valence-electron chi connectivity index (χ0n) is 13.7. The molecule has 2 rings (SSSR count). The fourth-order valence-electron chi connectivity index (χ4n) is 2.15. The second-order valence-electron chi connectivity index (χ2n) is 5.21. The van der Waals surface area contributed by atoms with Crippen LogP contribution in [0.5, 0.6) is 5.75 Å². The number of amides is 4. The monoisotopic (exact) mass is 365 g/mol. The normalized spacial score (nSPS) is 13.7. The molecule has 1 aromatic rings. The summed E-state index contributed by atoms with van der Waals surface area (Å²) in [5, 5.41) is 4.58. The lowest BCUT2D eigenvalue weighted by atomic mass is 10.1. The van der Waals surface area contributed by atoms with Crippen molar-refractivity contribution in [1.82, 2.24) is 15.5 Å². The van der Waals surface area contributed by atoms with Crippen molar-refractivity contribution >= 4 is 34.7 Å². The Kier molecular flexibility index (Phi) is 6.81. The number of thioether (sulfide) groups is 1. The lowest BCUT2D eigenvalue weighted by molar-refractivity contribution is -0.139. The first-order valence-electron chi connectivity index (χ1n) is 7.67. The molecule has 25 heavy (non-hydrogen) atoms. The number of rotatable bonds is 7. The highest BCUT2D eigenvalue weighted by molar-refractivity contribution is 8.14. The number of nitrogens with one attached hydrogen (secondary N) is 2. The number of carbonyl (C=O) groups excluding carboxylic acids is 4. The quantitative estimate of drug-likeness (QED) is 0.667. The molecule has 1 aliphatic heterocycles. The van der Waals surface area contributed by atoms with Gasteiger partial charge in [-0.25, -0.2) is 0 Å². The van der Waals surface area contributed by atoms with Crippen LogP contribution in [0.4, 0.5) is 4.79 Å². The largest absolute Gasteiger partial charge is 0.497 e. The van der Waals surface area contributed by atoms with E-state index in [2.05, 4.69) is 10.6 Å². The van der Waals surface area contributed by atoms with Crippen molar-refractivity contribution in [2.24, 2.45) is 0 Å². The molecule has 4 amide bonds. The van der Waals surface area contributed by atoms with Gasteiger partial charge in [-0.1, -0.05) is 23.9 Å². The molecule has 8 nitrogen and oxygen atoms in total. The molecule has 0 aliphatic carbocycles. The van der Waals surface area contributed by atoms with E-state index in [0.717, 1.165) is 28.0 Å². The number of carbonyl (C=O) groups is 4. The van der Waals surface area contributed by atoms with E-state index >= 15 is 0 Å². The lowest BCUT2D eigenvalue weighted by Gasteiger charge is -2.13. The van der Waals surface area contributed by atoms with Gasteiger partial charge in [-0.15, -0.1) is 0 Å². The molecule has 1 fully saturated rings. The number of nitrogens with zero attached hydrogens (tertiary/aromatic N) is 1. The van der Waals surface area contributed by atoms with Gasteiger partial charge in [0.05, 0.1) is 12.9 Å². The summed E-state index contributed by atoms with van der Waals surface area (Å²) < 4.78 is 5.06. The topological polar surface area (TPSA) is 105 Å². The minimum atomic E-state index is -0.790. The third-order valence-corrected chi connectivity index (χ3v) is 4.38. The zero-order chi connectivity index (χ0) is 18.2. The maximum atomic E-state index is 11.7. The van der Waals surface area contributed by atoms with E-state index in [1.54, 1.807) is 7.11 Å². The SMILES string of the molecule is COc1ccc(CCNC(=O)C(=O)NCCN2C(=O)CSC2=O)cc1. The van der Waals surface area contributed by atoms with Crippen molar-refractivity contribution in [1.29, 1.82) is 0 Å². The lowest BCUT2D eigenvalue weighted by Crippen LogP contribution is -2.44. The summed E-state index contributed by atoms with van der Waals surface area (Å²) in [6.07, 6.45) is 0.580. The Morgan fingerprint density at radius 1 is 1.12 bits per heavy atom. The van der Waals surface area contributed by atoms with Crippen LogP contribution in [0.25, 0.3) is 0 Å². The molecule has 9 heteroatoms. The second-order valence-corrected chi connectivity index (χ2v) is 6.14. The fourth-order valence-corrected chi connectivity index (χ4v) is 2.90. The van der Waals surface area contributed by atoms with Gasteiger partial charge < -0.3 is 15.4 Å². The Hall–Kier alpha value is -2.55. The first kappa shape index (κ1) is 18.8. The highest BCUT2D eigenvalue weighted by Crippen LogP contribution is 2.17. The van der Waals surface area contributed by atoms with Crippen molar-refractivity contribution in [3.63, 3.8) is 0 Å². The van der Waals surface area contributed by atoms with Crippen LogP contribution < -0.4 is 15.4 Å². The predicted molar refractivity (Wildman–Crippen MR) is 92.3 cm³/mol. The number of hydrogen-bond donors (Lipinski definition) is 2. The van der Waals surface area contributed by atoms with Gasteiger partial charge in [0, 0.05) is 19.6 Å². The molecule has 0 aromatic heterocycles. The Balaban J connectivity index is 1.65. The standard InChI is InChI=1S/C16H19N3O5S/c1-24-12-4-2-11(3-5-12)6-7-17-14(21)15(22)18-8-9-19-13(20)10-25-16(19)23/h2-5H,6-10H2,1H3,(H,17,21)(H,18,22). The summed E-state index contributed by atoms with van der Waals surface area (Å²) in [6.45, 7) is 0.427. The van der Waals surface area contributed by atoms with Crippen molar-refractivity contribution in [2.45, 2.75) is 6.42 Å². The maximum Gasteiger partial charge on any atom is 0.309 e. The smallest absolute Gasteiger partial charge is 0.309 e. The molecule has 1 saturated heterocycles. The summed E-state index contributed by atoms with van der Waals surface area (Å²) in [6, 6.07) is 7.41. The van der Waals surface area contributed by atoms with Gasteiger partial charge in [-0.05, 0) is 24.1 Å². The van der Waals surface area contributed by atoms with Crippen LogP contribution in [0.2, 0.25) is 0 Å². The molecule has 0 unspecified atom stereocenters. The molecule has 134 valence electrons. The average Bonchev–Trinajstić information content (AvgIpc) is 2.94. The molecule has 1 aliphatic rings. The summed E-state index contributed by atoms with van der Waals surface area (Å²) in [5.74, 6) is -0.948. The van der Waals surface area contributed by atoms with E-state index in [0.29, 0.717) is 13.0 Å². The first-order valence-corrected chi connectivity index (χ1v) is 8.66. The van der Waals surface area contributed by atoms with Crippen molar-refractivity contribution < 1.29 is 23.9 Å². The van der Waals surface area contributed by atoms with Crippen molar-refractivity contribution in [3.05, 3.63) is 29.8 Å². The molecule has 0 atom stereocenters. The van der Waals surface area contributed by atoms with Crippen LogP contribution in [0.1, 0.15) is 5.56 Å². The number of ether oxygens (including phenoxy) is 1. The molecule has 1 heterocycles. The molecule has 0 spiro atoms. The van der Waals surface area contributed by atoms with Crippen LogP contribution in [0, 0.1) is 0 Å². The van der Waals surface area contributed by atoms with Gasteiger partial charge in [0.15, 0.2) is 0 Å². The maximum absolute atomic E-state index is 11.7. The van der Waals surface area contributed by atoms with Gasteiger partial charge in [-0.3, -0.25) is 24.1 Å². The molecular weight excluding hydrogens is 346 g/mol. The Bertz CT molecular complexity index is 646. The third-order valence-electron chi connectivity index (χ3n) is 3.53. The van der Waals surface area contributed by atoms with Crippen molar-refractivity contribution in [3.8, 4) is 5.75 Å². The van der Waals surface area contributed by atoms with E-state index < -0.39 is 11.8 Å². The number of benzene rings is 1. The highest BCUT2D eigenvalue weighted by atomic mass is 32.2. The minimum absolute atomic E-state index is 0.0444. The molecule has 0 bridgehead atoms. The van der Waals surface area contributed by atoms with Gasteiger partial charge in [0.25, 0.3) is 5.24 Å². The predicted octanol–water partition coefficient (Wildman–Crippen LogP) is 0.166. The van der Waals surface area contributed by atoms with Gasteiger partial charge in [-0.2, -0.15) is 0 Å². The average molecular weight is 365 g/mol. The van der Waals surface area contributed by atoms with E-state index in [-0.39, 0.29) is 30.0 Å². The Labute approximate surface area is 149 Å². The molecule has 1 aromatic carbocycles. The minimum Gasteiger partial charge on any atom is -0.497 e. The fraction of sp³-hybridized carbons (Fsp3) is 0.375. The molecule has 2 N–H and O–H groups in total. The van der Waals surface area contributed by atoms with Gasteiger partial charge in [0.1, 0.15) is 5.75 Å². The van der Waals surface area contributed by atoms with Gasteiger partial charge in [0.2, 0.25) is 5.91 Å². The molecular formula is C16H19N3O5S. The van der Waals surface area contributed by atoms with Crippen LogP contribution in [0.15, 0.2) is 24.3 Å². The summed E-state index contributed by atoms with van der Waals surface area (Å²) >= 11 is 0.927. The summed E-state index contributed by atoms with van der Waals surface area (Å²) in [7, 11) is 1.59. The molecule has 0 saturated carbocycles. The summed E-state index contributed by atoms with van der Waals surface area (Å²) in [5.41, 5.74) is 1.00. The molecule has 0 radical (unpaired) electrons. The van der Waals surface area contributed by atoms with E-state index in [9.17, 15) is 19.2 Å². The van der Waals surface area contributed by atoms with Crippen LogP contribution in [-0.2, 0) is 20.8 Å². The Morgan fingerprint density at radius 2 is 1.76 bits per heavy atom.